The van der Waals surface area contributed by atoms with Crippen LogP contribution in [0.2, 0.25) is 0 Å². The Bertz CT molecular complexity index is 913. The molecule has 1 unspecified atom stereocenters. The predicted octanol–water partition coefficient (Wildman–Crippen LogP) is -0.588. The Kier molecular flexibility index (Phi) is 7.71. The summed E-state index contributed by atoms with van der Waals surface area (Å²) in [5.41, 5.74) is -0.564. The van der Waals surface area contributed by atoms with Crippen molar-refractivity contribution in [2.45, 2.75) is 4.90 Å². The second kappa shape index (κ2) is 8.69. The van der Waals surface area contributed by atoms with Gasteiger partial charge in [-0.2, -0.15) is 16.1 Å². The molecule has 0 aliphatic heterocycles. The van der Waals surface area contributed by atoms with Gasteiger partial charge in [0.05, 0.1) is 15.9 Å². The first kappa shape index (κ1) is 22.2. The summed E-state index contributed by atoms with van der Waals surface area (Å²) in [4.78, 5) is 19.2. The van der Waals surface area contributed by atoms with E-state index >= 15 is 0 Å². The summed E-state index contributed by atoms with van der Waals surface area (Å²) in [6, 6.07) is 3.51. The Hall–Kier alpha value is -0.850. The summed E-state index contributed by atoms with van der Waals surface area (Å²) in [7, 11) is -8.58. The number of nitro benzene ring substituents is 1. The molecule has 1 heterocycles. The zero-order valence-electron chi connectivity index (χ0n) is 13.7. The van der Waals surface area contributed by atoms with Gasteiger partial charge in [-0.05, 0) is 17.5 Å². The second-order valence-electron chi connectivity index (χ2n) is 4.37. The minimum Gasteiger partial charge on any atom is -1.00 e. The maximum absolute atomic E-state index is 13.6. The molecule has 1 atom stereocenters. The van der Waals surface area contributed by atoms with Gasteiger partial charge in [-0.25, -0.2) is 17.4 Å². The number of halogens is 1. The maximum atomic E-state index is 13.6. The van der Waals surface area contributed by atoms with Gasteiger partial charge in [-0.15, -0.1) is 0 Å². The van der Waals surface area contributed by atoms with Crippen LogP contribution in [0.3, 0.4) is 0 Å². The molecule has 2 N–H and O–H groups in total. The van der Waals surface area contributed by atoms with Crippen molar-refractivity contribution in [3.8, 4) is 5.75 Å². The zero-order valence-corrected chi connectivity index (χ0v) is 17.2. The van der Waals surface area contributed by atoms with Crippen molar-refractivity contribution in [3.63, 3.8) is 0 Å². The third-order valence-electron chi connectivity index (χ3n) is 2.63. The van der Waals surface area contributed by atoms with E-state index in [1.807, 2.05) is 4.72 Å². The molecule has 0 fully saturated rings. The molecule has 0 aliphatic rings. The summed E-state index contributed by atoms with van der Waals surface area (Å²) in [5, 5.41) is 13.3. The van der Waals surface area contributed by atoms with E-state index in [0.29, 0.717) is 6.07 Å². The topological polar surface area (TPSA) is 136 Å². The van der Waals surface area contributed by atoms with Crippen molar-refractivity contribution in [1.82, 2.24) is 4.72 Å². The fourth-order valence-electron chi connectivity index (χ4n) is 1.52. The number of nitrogens with one attached hydrogen (secondary N) is 1. The van der Waals surface area contributed by atoms with E-state index in [4.69, 9.17) is 0 Å². The smallest absolute Gasteiger partial charge is 1.00 e. The van der Waals surface area contributed by atoms with Gasteiger partial charge >= 0.3 is 37.2 Å². The fraction of sp³-hybridized carbons (Fsp3) is 0.0909. The van der Waals surface area contributed by atoms with Crippen molar-refractivity contribution in [2.24, 2.45) is 0 Å². The number of thiophene rings is 1. The third-order valence-corrected chi connectivity index (χ3v) is 6.11. The van der Waals surface area contributed by atoms with Crippen LogP contribution in [-0.2, 0) is 14.6 Å². The first-order valence-corrected chi connectivity index (χ1v) is 10.3. The van der Waals surface area contributed by atoms with Gasteiger partial charge in [-0.1, -0.05) is 0 Å². The van der Waals surface area contributed by atoms with Gasteiger partial charge in [-0.3, -0.25) is 10.1 Å². The molecule has 9 nitrogen and oxygen atoms in total. The number of non-ortho nitro benzene ring substituents is 1. The molecule has 0 aliphatic carbocycles. The van der Waals surface area contributed by atoms with Crippen LogP contribution in [0, 0.1) is 15.9 Å². The molecule has 0 bridgehead atoms. The van der Waals surface area contributed by atoms with Gasteiger partial charge in [0, 0.05) is 11.4 Å². The van der Waals surface area contributed by atoms with Gasteiger partial charge in [0.1, 0.15) is 6.29 Å². The predicted molar refractivity (Wildman–Crippen MR) is 84.1 cm³/mol. The number of benzene rings is 1. The average molecular weight is 420 g/mol. The van der Waals surface area contributed by atoms with E-state index in [1.54, 1.807) is 0 Å². The number of sulfonamides is 1. The Morgan fingerprint density at radius 1 is 1.44 bits per heavy atom. The normalized spacial score (nSPS) is 13.5. The van der Waals surface area contributed by atoms with Crippen LogP contribution in [0.5, 0.6) is 5.75 Å². The Morgan fingerprint density at radius 3 is 2.64 bits per heavy atom. The molecule has 0 spiro atoms. The third kappa shape index (κ3) is 6.12. The number of nitrogens with zero attached hydrogens (tertiary/aromatic N) is 1. The Morgan fingerprint density at radius 2 is 2.12 bits per heavy atom. The second-order valence-corrected chi connectivity index (χ2v) is 8.69. The van der Waals surface area contributed by atoms with Crippen LogP contribution in [0.15, 0.2) is 39.9 Å². The number of hydrogen-bond donors (Lipinski definition) is 2. The molecular formula is C11H11FN2NaO7PS2. The summed E-state index contributed by atoms with van der Waals surface area (Å²) in [6.07, 6.45) is -0.998. The van der Waals surface area contributed by atoms with Crippen LogP contribution in [0.4, 0.5) is 10.1 Å². The molecule has 2 aromatic rings. The first-order valence-electron chi connectivity index (χ1n) is 6.08. The SMILES string of the molecule is O=[N+]([O-])c1ccc(OP(=O)(O)CNS(=O)(=O)c2ccsc2)c(F)c1.[H-].[Na+]. The Balaban J connectivity index is 0.00000312. The van der Waals surface area contributed by atoms with Crippen molar-refractivity contribution < 1.29 is 62.7 Å². The van der Waals surface area contributed by atoms with Gasteiger partial charge < -0.3 is 10.8 Å². The number of rotatable bonds is 7. The molecule has 132 valence electrons. The van der Waals surface area contributed by atoms with E-state index in [1.165, 1.54) is 16.8 Å². The quantitative estimate of drug-likeness (QED) is 0.265. The van der Waals surface area contributed by atoms with E-state index in [0.717, 1.165) is 23.5 Å². The minimum atomic E-state index is -4.58. The molecule has 25 heavy (non-hydrogen) atoms. The molecule has 0 amide bonds. The van der Waals surface area contributed by atoms with E-state index in [9.17, 15) is 32.4 Å². The van der Waals surface area contributed by atoms with Crippen LogP contribution in [0.1, 0.15) is 1.43 Å². The summed E-state index contributed by atoms with van der Waals surface area (Å²) in [5.74, 6) is -1.93. The molecule has 0 saturated carbocycles. The van der Waals surface area contributed by atoms with E-state index in [-0.39, 0.29) is 35.9 Å². The van der Waals surface area contributed by atoms with Gasteiger partial charge in [0.15, 0.2) is 11.6 Å². The van der Waals surface area contributed by atoms with Crippen LogP contribution < -0.4 is 38.8 Å². The van der Waals surface area contributed by atoms with Crippen LogP contribution in [0.25, 0.3) is 0 Å². The van der Waals surface area contributed by atoms with Crippen LogP contribution >= 0.6 is 18.9 Å². The van der Waals surface area contributed by atoms with Crippen molar-refractivity contribution in [3.05, 3.63) is 51.0 Å². The molecular weight excluding hydrogens is 409 g/mol. The monoisotopic (exact) mass is 420 g/mol. The average Bonchev–Trinajstić information content (AvgIpc) is 3.02. The number of hydrogen-bond acceptors (Lipinski definition) is 7. The van der Waals surface area contributed by atoms with Crippen molar-refractivity contribution in [2.75, 3.05) is 6.29 Å². The van der Waals surface area contributed by atoms with Gasteiger partial charge in [0.25, 0.3) is 5.69 Å². The van der Waals surface area contributed by atoms with Crippen molar-refractivity contribution >= 4 is 34.6 Å². The molecule has 0 saturated heterocycles. The summed E-state index contributed by atoms with van der Waals surface area (Å²) in [6.45, 7) is 0. The van der Waals surface area contributed by atoms with E-state index in [2.05, 4.69) is 4.52 Å². The van der Waals surface area contributed by atoms with E-state index < -0.39 is 46.1 Å². The fourth-order valence-corrected chi connectivity index (χ4v) is 5.06. The molecule has 14 heteroatoms. The van der Waals surface area contributed by atoms with Crippen LogP contribution in [-0.4, -0.2) is 24.5 Å². The molecule has 1 aromatic carbocycles. The summed E-state index contributed by atoms with van der Waals surface area (Å²) >= 11 is 1.12. The van der Waals surface area contributed by atoms with Gasteiger partial charge in [0.2, 0.25) is 10.0 Å². The summed E-state index contributed by atoms with van der Waals surface area (Å²) < 4.78 is 55.6. The molecule has 0 radical (unpaired) electrons. The molecule has 1 aromatic heterocycles. The molecule has 2 rings (SSSR count). The maximum Gasteiger partial charge on any atom is 1.00 e. The standard InChI is InChI=1S/C11H10FN2O7PS2.Na.H/c12-10-5-8(14(15)16)1-2-11(10)21-22(17,18)7-13-24(19,20)9-3-4-23-6-9;;/h1-6,13H,7H2,(H,17,18);;/q;+1;-1. The number of nitro groups is 1. The minimum absolute atomic E-state index is 0. The Labute approximate surface area is 169 Å². The van der Waals surface area contributed by atoms with Crippen molar-refractivity contribution in [1.29, 1.82) is 0 Å². The zero-order chi connectivity index (χ0) is 18.0. The largest absolute Gasteiger partial charge is 1.00 e. The first-order chi connectivity index (χ1) is 11.1.